The van der Waals surface area contributed by atoms with Gasteiger partial charge in [-0.3, -0.25) is 4.79 Å². The summed E-state index contributed by atoms with van der Waals surface area (Å²) >= 11 is 0. The standard InChI is InChI=1S/C15H19N5O/c16-9-15(6-3-7-15)8-14(21)19-12-4-1-2-5-13(12)20-11-17-10-18-20/h1-2,4-5,10-11H,3,6-9,16H2,(H,19,21). The van der Waals surface area contributed by atoms with Crippen molar-refractivity contribution < 1.29 is 4.79 Å². The number of rotatable bonds is 5. The second kappa shape index (κ2) is 5.65. The maximum Gasteiger partial charge on any atom is 0.225 e. The lowest BCUT2D eigenvalue weighted by molar-refractivity contribution is -0.119. The fourth-order valence-corrected chi connectivity index (χ4v) is 2.78. The molecule has 6 nitrogen and oxygen atoms in total. The summed E-state index contributed by atoms with van der Waals surface area (Å²) in [5.74, 6) is 0.00714. The van der Waals surface area contributed by atoms with Crippen molar-refractivity contribution in [1.29, 1.82) is 0 Å². The fraction of sp³-hybridized carbons (Fsp3) is 0.400. The predicted molar refractivity (Wildman–Crippen MR) is 79.9 cm³/mol. The SMILES string of the molecule is NCC1(CC(=O)Nc2ccccc2-n2cncn2)CCC1. The third-order valence-corrected chi connectivity index (χ3v) is 4.23. The van der Waals surface area contributed by atoms with E-state index in [-0.39, 0.29) is 11.3 Å². The van der Waals surface area contributed by atoms with E-state index in [1.165, 1.54) is 12.7 Å². The molecule has 0 radical (unpaired) electrons. The van der Waals surface area contributed by atoms with Crippen molar-refractivity contribution in [1.82, 2.24) is 14.8 Å². The number of hydrogen-bond donors (Lipinski definition) is 2. The van der Waals surface area contributed by atoms with E-state index in [0.29, 0.717) is 13.0 Å². The molecular formula is C15H19N5O. The maximum atomic E-state index is 12.3. The van der Waals surface area contributed by atoms with Gasteiger partial charge in [-0.2, -0.15) is 5.10 Å². The Morgan fingerprint density at radius 3 is 2.81 bits per heavy atom. The summed E-state index contributed by atoms with van der Waals surface area (Å²) < 4.78 is 1.64. The Morgan fingerprint density at radius 2 is 2.19 bits per heavy atom. The summed E-state index contributed by atoms with van der Waals surface area (Å²) in [6.45, 7) is 0.575. The molecule has 1 fully saturated rings. The van der Waals surface area contributed by atoms with Gasteiger partial charge >= 0.3 is 0 Å². The van der Waals surface area contributed by atoms with Crippen LogP contribution in [-0.2, 0) is 4.79 Å². The third-order valence-electron chi connectivity index (χ3n) is 4.23. The fourth-order valence-electron chi connectivity index (χ4n) is 2.78. The number of para-hydroxylation sites is 2. The van der Waals surface area contributed by atoms with E-state index in [4.69, 9.17) is 5.73 Å². The molecule has 0 bridgehead atoms. The molecule has 3 rings (SSSR count). The average molecular weight is 285 g/mol. The third kappa shape index (κ3) is 2.80. The van der Waals surface area contributed by atoms with Gasteiger partial charge in [0.1, 0.15) is 12.7 Å². The Kier molecular flexibility index (Phi) is 3.70. The molecule has 2 aromatic rings. The lowest BCUT2D eigenvalue weighted by atomic mass is 9.66. The van der Waals surface area contributed by atoms with Gasteiger partial charge in [0.2, 0.25) is 5.91 Å². The van der Waals surface area contributed by atoms with E-state index in [0.717, 1.165) is 24.2 Å². The van der Waals surface area contributed by atoms with Crippen molar-refractivity contribution in [3.63, 3.8) is 0 Å². The van der Waals surface area contributed by atoms with Crippen molar-refractivity contribution >= 4 is 11.6 Å². The van der Waals surface area contributed by atoms with Crippen molar-refractivity contribution in [2.24, 2.45) is 11.1 Å². The van der Waals surface area contributed by atoms with E-state index in [1.807, 2.05) is 24.3 Å². The van der Waals surface area contributed by atoms with Crippen LogP contribution in [0.15, 0.2) is 36.9 Å². The van der Waals surface area contributed by atoms with Crippen molar-refractivity contribution in [3.05, 3.63) is 36.9 Å². The van der Waals surface area contributed by atoms with Gasteiger partial charge in [0.15, 0.2) is 0 Å². The smallest absolute Gasteiger partial charge is 0.225 e. The lowest BCUT2D eigenvalue weighted by Crippen LogP contribution is -2.40. The van der Waals surface area contributed by atoms with Gasteiger partial charge in [-0.1, -0.05) is 18.6 Å². The molecule has 1 aliphatic rings. The average Bonchev–Trinajstić information content (AvgIpc) is 2.97. The Bertz CT molecular complexity index is 613. The first-order valence-corrected chi connectivity index (χ1v) is 7.16. The highest BCUT2D eigenvalue weighted by molar-refractivity contribution is 5.93. The molecule has 1 aromatic heterocycles. The molecule has 0 saturated heterocycles. The van der Waals surface area contributed by atoms with Crippen LogP contribution < -0.4 is 11.1 Å². The summed E-state index contributed by atoms with van der Waals surface area (Å²) in [7, 11) is 0. The van der Waals surface area contributed by atoms with Gasteiger partial charge in [-0.05, 0) is 36.9 Å². The van der Waals surface area contributed by atoms with Gasteiger partial charge < -0.3 is 11.1 Å². The molecule has 21 heavy (non-hydrogen) atoms. The number of hydrogen-bond acceptors (Lipinski definition) is 4. The summed E-state index contributed by atoms with van der Waals surface area (Å²) in [5, 5.41) is 7.08. The second-order valence-corrected chi connectivity index (χ2v) is 5.64. The normalized spacial score (nSPS) is 16.2. The second-order valence-electron chi connectivity index (χ2n) is 5.64. The number of aromatic nitrogens is 3. The van der Waals surface area contributed by atoms with Crippen molar-refractivity contribution in [2.75, 3.05) is 11.9 Å². The van der Waals surface area contributed by atoms with Crippen LogP contribution in [0.3, 0.4) is 0 Å². The zero-order chi connectivity index (χ0) is 14.7. The minimum atomic E-state index is 0.00623. The van der Waals surface area contributed by atoms with E-state index < -0.39 is 0 Å². The monoisotopic (exact) mass is 285 g/mol. The predicted octanol–water partition coefficient (Wildman–Crippen LogP) is 1.72. The first-order chi connectivity index (χ1) is 10.2. The number of carbonyl (C=O) groups excluding carboxylic acids is 1. The first-order valence-electron chi connectivity index (χ1n) is 7.16. The van der Waals surface area contributed by atoms with Gasteiger partial charge in [0, 0.05) is 6.42 Å². The molecule has 1 aliphatic carbocycles. The van der Waals surface area contributed by atoms with Gasteiger partial charge in [-0.25, -0.2) is 9.67 Å². The summed E-state index contributed by atoms with van der Waals surface area (Å²) in [6.07, 6.45) is 6.81. The molecule has 0 unspecified atom stereocenters. The lowest BCUT2D eigenvalue weighted by Gasteiger charge is -2.40. The summed E-state index contributed by atoms with van der Waals surface area (Å²) in [5.41, 5.74) is 7.36. The summed E-state index contributed by atoms with van der Waals surface area (Å²) in [6, 6.07) is 7.55. The molecular weight excluding hydrogens is 266 g/mol. The Morgan fingerprint density at radius 1 is 1.38 bits per heavy atom. The van der Waals surface area contributed by atoms with Crippen LogP contribution in [0.4, 0.5) is 5.69 Å². The van der Waals surface area contributed by atoms with E-state index in [1.54, 1.807) is 11.0 Å². The molecule has 1 amide bonds. The molecule has 1 saturated carbocycles. The molecule has 1 aromatic carbocycles. The van der Waals surface area contributed by atoms with Crippen LogP contribution in [0.2, 0.25) is 0 Å². The Labute approximate surface area is 123 Å². The molecule has 3 N–H and O–H groups in total. The number of nitrogens with two attached hydrogens (primary N) is 1. The zero-order valence-corrected chi connectivity index (χ0v) is 11.8. The van der Waals surface area contributed by atoms with Gasteiger partial charge in [0.05, 0.1) is 11.4 Å². The molecule has 0 aliphatic heterocycles. The molecule has 110 valence electrons. The Hall–Kier alpha value is -2.21. The Balaban J connectivity index is 1.75. The minimum Gasteiger partial charge on any atom is -0.330 e. The molecule has 0 atom stereocenters. The van der Waals surface area contributed by atoms with Crippen molar-refractivity contribution in [3.8, 4) is 5.69 Å². The van der Waals surface area contributed by atoms with Crippen LogP contribution in [0.5, 0.6) is 0 Å². The van der Waals surface area contributed by atoms with Crippen LogP contribution >= 0.6 is 0 Å². The van der Waals surface area contributed by atoms with E-state index >= 15 is 0 Å². The topological polar surface area (TPSA) is 85.8 Å². The van der Waals surface area contributed by atoms with Gasteiger partial charge in [0.25, 0.3) is 0 Å². The first kappa shape index (κ1) is 13.8. The number of carbonyl (C=O) groups is 1. The summed E-state index contributed by atoms with van der Waals surface area (Å²) in [4.78, 5) is 16.2. The number of anilines is 1. The van der Waals surface area contributed by atoms with Crippen LogP contribution in [0.25, 0.3) is 5.69 Å². The van der Waals surface area contributed by atoms with Crippen LogP contribution in [0, 0.1) is 5.41 Å². The number of nitrogens with one attached hydrogen (secondary N) is 1. The highest BCUT2D eigenvalue weighted by atomic mass is 16.1. The highest BCUT2D eigenvalue weighted by Gasteiger charge is 2.37. The largest absolute Gasteiger partial charge is 0.330 e. The van der Waals surface area contributed by atoms with Crippen LogP contribution in [0.1, 0.15) is 25.7 Å². The number of amides is 1. The molecule has 0 spiro atoms. The molecule has 6 heteroatoms. The number of nitrogens with zero attached hydrogens (tertiary/aromatic N) is 3. The van der Waals surface area contributed by atoms with Crippen LogP contribution in [-0.4, -0.2) is 27.2 Å². The van der Waals surface area contributed by atoms with E-state index in [9.17, 15) is 4.79 Å². The zero-order valence-electron chi connectivity index (χ0n) is 11.8. The highest BCUT2D eigenvalue weighted by Crippen LogP contribution is 2.43. The number of benzene rings is 1. The van der Waals surface area contributed by atoms with E-state index in [2.05, 4.69) is 15.4 Å². The minimum absolute atomic E-state index is 0.00623. The van der Waals surface area contributed by atoms with Crippen molar-refractivity contribution in [2.45, 2.75) is 25.7 Å². The maximum absolute atomic E-state index is 12.3. The quantitative estimate of drug-likeness (QED) is 0.876. The van der Waals surface area contributed by atoms with Gasteiger partial charge in [-0.15, -0.1) is 0 Å². The molecule has 1 heterocycles.